The average Bonchev–Trinajstić information content (AvgIpc) is 3.24. The largest absolute Gasteiger partial charge is 0.259 e. The molecule has 0 radical (unpaired) electrons. The number of H-pyrrole nitrogens is 2. The molecule has 0 atom stereocenters. The molecule has 0 fully saturated rings. The van der Waals surface area contributed by atoms with Crippen LogP contribution in [0, 0.1) is 13.8 Å². The Morgan fingerprint density at radius 2 is 1.38 bits per heavy atom. The van der Waals surface area contributed by atoms with Crippen LogP contribution in [0.2, 0.25) is 0 Å². The van der Waals surface area contributed by atoms with Gasteiger partial charge in [0.15, 0.2) is 17.5 Å². The third kappa shape index (κ3) is 2.69. The lowest BCUT2D eigenvalue weighted by molar-refractivity contribution is 1.04. The summed E-state index contributed by atoms with van der Waals surface area (Å²) in [4.78, 5) is 8.98. The van der Waals surface area contributed by atoms with Crippen LogP contribution in [0.3, 0.4) is 0 Å². The maximum Gasteiger partial charge on any atom is 0.181 e. The highest BCUT2D eigenvalue weighted by Crippen LogP contribution is 2.24. The third-order valence-electron chi connectivity index (χ3n) is 3.77. The van der Waals surface area contributed by atoms with Crippen molar-refractivity contribution in [2.24, 2.45) is 0 Å². The minimum Gasteiger partial charge on any atom is -0.259 e. The number of aromatic amines is 2. The summed E-state index contributed by atoms with van der Waals surface area (Å²) in [5.41, 5.74) is 4.09. The normalized spacial score (nSPS) is 10.9. The zero-order valence-electron chi connectivity index (χ0n) is 13.4. The monoisotopic (exact) mass is 316 g/mol. The van der Waals surface area contributed by atoms with Crippen molar-refractivity contribution in [1.29, 1.82) is 0 Å². The van der Waals surface area contributed by atoms with E-state index in [0.717, 1.165) is 34.2 Å². The predicted molar refractivity (Wildman–Crippen MR) is 92.1 cm³/mol. The smallest absolute Gasteiger partial charge is 0.181 e. The number of benzene rings is 2. The Labute approximate surface area is 139 Å². The van der Waals surface area contributed by atoms with Gasteiger partial charge in [-0.25, -0.2) is 9.97 Å². The van der Waals surface area contributed by atoms with E-state index in [-0.39, 0.29) is 0 Å². The van der Waals surface area contributed by atoms with Crippen molar-refractivity contribution in [2.45, 2.75) is 13.8 Å². The minimum atomic E-state index is 0.689. The molecule has 2 heterocycles. The fraction of sp³-hybridized carbons (Fsp3) is 0.111. The lowest BCUT2D eigenvalue weighted by atomic mass is 10.1. The molecule has 118 valence electrons. The minimum absolute atomic E-state index is 0.689. The summed E-state index contributed by atoms with van der Waals surface area (Å²) >= 11 is 0. The van der Waals surface area contributed by atoms with Gasteiger partial charge in [-0.1, -0.05) is 42.0 Å². The zero-order valence-corrected chi connectivity index (χ0v) is 13.4. The molecule has 24 heavy (non-hydrogen) atoms. The Bertz CT molecular complexity index is 998. The Balaban J connectivity index is 1.70. The number of nitrogens with one attached hydrogen (secondary N) is 2. The molecule has 0 aliphatic rings. The van der Waals surface area contributed by atoms with Crippen molar-refractivity contribution in [3.05, 3.63) is 59.9 Å². The van der Waals surface area contributed by atoms with Crippen LogP contribution in [0.25, 0.3) is 34.2 Å². The van der Waals surface area contributed by atoms with Crippen LogP contribution in [-0.4, -0.2) is 30.4 Å². The predicted octanol–water partition coefficient (Wildman–Crippen LogP) is 3.54. The molecule has 0 spiro atoms. The first-order valence-corrected chi connectivity index (χ1v) is 7.68. The highest BCUT2D eigenvalue weighted by Gasteiger charge is 2.10. The fourth-order valence-electron chi connectivity index (χ4n) is 2.59. The lowest BCUT2D eigenvalue weighted by Crippen LogP contribution is -1.85. The van der Waals surface area contributed by atoms with Crippen LogP contribution in [0.4, 0.5) is 0 Å². The van der Waals surface area contributed by atoms with Gasteiger partial charge in [0, 0.05) is 16.7 Å². The molecule has 4 rings (SSSR count). The van der Waals surface area contributed by atoms with Gasteiger partial charge < -0.3 is 0 Å². The number of aromatic nitrogens is 6. The van der Waals surface area contributed by atoms with E-state index >= 15 is 0 Å². The van der Waals surface area contributed by atoms with Gasteiger partial charge in [-0.15, -0.1) is 0 Å². The van der Waals surface area contributed by atoms with Crippen LogP contribution in [0.15, 0.2) is 48.5 Å². The number of hydrogen-bond acceptors (Lipinski definition) is 4. The van der Waals surface area contributed by atoms with Gasteiger partial charge in [0.25, 0.3) is 0 Å². The van der Waals surface area contributed by atoms with Gasteiger partial charge in [-0.05, 0) is 26.0 Å². The Morgan fingerprint density at radius 1 is 0.708 bits per heavy atom. The Morgan fingerprint density at radius 3 is 2.08 bits per heavy atom. The molecule has 0 saturated heterocycles. The topological polar surface area (TPSA) is 83.1 Å². The second-order valence-electron chi connectivity index (χ2n) is 5.69. The standard InChI is InChI=1S/C18H16N6/c1-11-5-3-6-13(9-11)17-20-18(24-23-17)15-8-4-7-14(10-15)16-19-12(2)21-22-16/h3-10H,1-2H3,(H,19,21,22)(H,20,23,24). The van der Waals surface area contributed by atoms with Crippen molar-refractivity contribution >= 4 is 0 Å². The molecule has 0 aliphatic carbocycles. The molecule has 6 nitrogen and oxygen atoms in total. The van der Waals surface area contributed by atoms with Crippen molar-refractivity contribution < 1.29 is 0 Å². The maximum atomic E-state index is 4.62. The van der Waals surface area contributed by atoms with Gasteiger partial charge in [0.1, 0.15) is 5.82 Å². The van der Waals surface area contributed by atoms with E-state index in [2.05, 4.69) is 49.4 Å². The van der Waals surface area contributed by atoms with Crippen molar-refractivity contribution in [3.63, 3.8) is 0 Å². The number of aryl methyl sites for hydroxylation is 2. The molecule has 2 aromatic heterocycles. The quantitative estimate of drug-likeness (QED) is 0.605. The fourth-order valence-corrected chi connectivity index (χ4v) is 2.59. The van der Waals surface area contributed by atoms with E-state index in [0.29, 0.717) is 5.82 Å². The van der Waals surface area contributed by atoms with Crippen LogP contribution < -0.4 is 0 Å². The SMILES string of the molecule is Cc1cccc(-c2n[nH]c(-c3cccc(-c4nc(C)n[nH]4)c3)n2)c1. The molecule has 6 heteroatoms. The van der Waals surface area contributed by atoms with Crippen LogP contribution >= 0.6 is 0 Å². The average molecular weight is 316 g/mol. The van der Waals surface area contributed by atoms with E-state index in [1.165, 1.54) is 5.56 Å². The maximum absolute atomic E-state index is 4.62. The van der Waals surface area contributed by atoms with E-state index in [1.54, 1.807) is 0 Å². The highest BCUT2D eigenvalue weighted by atomic mass is 15.2. The Kier molecular flexibility index (Phi) is 3.42. The molecule has 0 amide bonds. The number of hydrogen-bond donors (Lipinski definition) is 2. The molecule has 2 aromatic carbocycles. The second kappa shape index (κ2) is 5.73. The summed E-state index contributed by atoms with van der Waals surface area (Å²) in [6.07, 6.45) is 0. The highest BCUT2D eigenvalue weighted by molar-refractivity contribution is 5.67. The summed E-state index contributed by atoms with van der Waals surface area (Å²) in [5, 5.41) is 14.4. The van der Waals surface area contributed by atoms with Gasteiger partial charge in [0.2, 0.25) is 0 Å². The molecule has 0 saturated carbocycles. The molecular formula is C18H16N6. The molecule has 0 bridgehead atoms. The first kappa shape index (κ1) is 14.3. The third-order valence-corrected chi connectivity index (χ3v) is 3.77. The lowest BCUT2D eigenvalue weighted by Gasteiger charge is -2.00. The van der Waals surface area contributed by atoms with Crippen molar-refractivity contribution in [2.75, 3.05) is 0 Å². The molecular weight excluding hydrogens is 300 g/mol. The summed E-state index contributed by atoms with van der Waals surface area (Å²) < 4.78 is 0. The van der Waals surface area contributed by atoms with Crippen molar-refractivity contribution in [3.8, 4) is 34.2 Å². The van der Waals surface area contributed by atoms with E-state index in [9.17, 15) is 0 Å². The van der Waals surface area contributed by atoms with E-state index in [1.807, 2.05) is 43.3 Å². The van der Waals surface area contributed by atoms with Crippen molar-refractivity contribution in [1.82, 2.24) is 30.4 Å². The first-order valence-electron chi connectivity index (χ1n) is 7.68. The van der Waals surface area contributed by atoms with E-state index < -0.39 is 0 Å². The summed E-state index contributed by atoms with van der Waals surface area (Å²) in [5.74, 6) is 2.88. The molecule has 0 aliphatic heterocycles. The zero-order chi connectivity index (χ0) is 16.5. The van der Waals surface area contributed by atoms with Crippen LogP contribution in [0.5, 0.6) is 0 Å². The van der Waals surface area contributed by atoms with Crippen LogP contribution in [0.1, 0.15) is 11.4 Å². The molecule has 2 N–H and O–H groups in total. The number of rotatable bonds is 3. The summed E-state index contributed by atoms with van der Waals surface area (Å²) in [6, 6.07) is 16.1. The number of nitrogens with zero attached hydrogens (tertiary/aromatic N) is 4. The molecule has 0 unspecified atom stereocenters. The van der Waals surface area contributed by atoms with Gasteiger partial charge in [-0.2, -0.15) is 10.2 Å². The van der Waals surface area contributed by atoms with Gasteiger partial charge >= 0.3 is 0 Å². The van der Waals surface area contributed by atoms with E-state index in [4.69, 9.17) is 0 Å². The second-order valence-corrected chi connectivity index (χ2v) is 5.69. The van der Waals surface area contributed by atoms with Gasteiger partial charge in [-0.3, -0.25) is 10.2 Å². The van der Waals surface area contributed by atoms with Crippen LogP contribution in [-0.2, 0) is 0 Å². The molecule has 4 aromatic rings. The first-order chi connectivity index (χ1) is 11.7. The summed E-state index contributed by atoms with van der Waals surface area (Å²) in [7, 11) is 0. The Hall–Kier alpha value is -3.28. The summed E-state index contributed by atoms with van der Waals surface area (Å²) in [6.45, 7) is 3.91. The van der Waals surface area contributed by atoms with Gasteiger partial charge in [0.05, 0.1) is 0 Å².